The number of carbonyl (C=O) groups is 1. The molecule has 9 heteroatoms. The number of anilines is 2. The SMILES string of the molecule is CCC(O)CNC(=O)c1cnccc1Nc1cc(-c2cc(Cl)ccc2F)ncc1Br. The highest BCUT2D eigenvalue weighted by molar-refractivity contribution is 9.10. The molecule has 0 aliphatic heterocycles. The van der Waals surface area contributed by atoms with Crippen molar-refractivity contribution in [2.75, 3.05) is 11.9 Å². The van der Waals surface area contributed by atoms with Gasteiger partial charge in [-0.25, -0.2) is 4.39 Å². The van der Waals surface area contributed by atoms with Gasteiger partial charge in [0.25, 0.3) is 5.91 Å². The Bertz CT molecular complexity index is 1070. The standard InChI is InChI=1S/C21H19BrClFN4O2/c1-2-13(29)9-27-21(30)15-10-25-6-5-18(15)28-20-8-19(26-11-16(20)22)14-7-12(23)3-4-17(14)24/h3-8,10-11,13,29H,2,9H2,1H3,(H,27,30)(H,25,26,28). The van der Waals surface area contributed by atoms with Crippen LogP contribution in [-0.4, -0.2) is 33.6 Å². The molecule has 2 heterocycles. The number of amides is 1. The zero-order valence-electron chi connectivity index (χ0n) is 16.0. The Balaban J connectivity index is 1.90. The number of aliphatic hydroxyl groups is 1. The monoisotopic (exact) mass is 492 g/mol. The van der Waals surface area contributed by atoms with E-state index in [0.29, 0.717) is 38.5 Å². The van der Waals surface area contributed by atoms with Gasteiger partial charge in [0.15, 0.2) is 0 Å². The summed E-state index contributed by atoms with van der Waals surface area (Å²) in [7, 11) is 0. The summed E-state index contributed by atoms with van der Waals surface area (Å²) < 4.78 is 14.9. The summed E-state index contributed by atoms with van der Waals surface area (Å²) in [5, 5.41) is 15.9. The van der Waals surface area contributed by atoms with Gasteiger partial charge in [-0.15, -0.1) is 0 Å². The number of hydrogen-bond acceptors (Lipinski definition) is 5. The number of aromatic nitrogens is 2. The van der Waals surface area contributed by atoms with E-state index in [2.05, 4.69) is 36.5 Å². The predicted octanol–water partition coefficient (Wildman–Crippen LogP) is 4.94. The normalized spacial score (nSPS) is 11.8. The van der Waals surface area contributed by atoms with E-state index in [1.54, 1.807) is 18.3 Å². The summed E-state index contributed by atoms with van der Waals surface area (Å²) in [6.07, 6.45) is 4.43. The molecular weight excluding hydrogens is 475 g/mol. The van der Waals surface area contributed by atoms with Gasteiger partial charge in [0.2, 0.25) is 0 Å². The number of nitrogens with one attached hydrogen (secondary N) is 2. The first-order valence-corrected chi connectivity index (χ1v) is 10.3. The van der Waals surface area contributed by atoms with E-state index in [9.17, 15) is 14.3 Å². The van der Waals surface area contributed by atoms with Crippen molar-refractivity contribution in [2.24, 2.45) is 0 Å². The Kier molecular flexibility index (Phi) is 7.36. The van der Waals surface area contributed by atoms with Gasteiger partial charge in [0.05, 0.1) is 33.2 Å². The molecule has 1 unspecified atom stereocenters. The fraction of sp³-hybridized carbons (Fsp3) is 0.190. The van der Waals surface area contributed by atoms with Crippen LogP contribution in [0.15, 0.2) is 53.4 Å². The smallest absolute Gasteiger partial charge is 0.255 e. The minimum Gasteiger partial charge on any atom is -0.391 e. The minimum atomic E-state index is -0.619. The lowest BCUT2D eigenvalue weighted by Crippen LogP contribution is -2.32. The van der Waals surface area contributed by atoms with Gasteiger partial charge < -0.3 is 15.7 Å². The molecule has 0 aliphatic carbocycles. The van der Waals surface area contributed by atoms with Crippen molar-refractivity contribution in [2.45, 2.75) is 19.4 Å². The quantitative estimate of drug-likeness (QED) is 0.434. The van der Waals surface area contributed by atoms with Crippen molar-refractivity contribution in [3.05, 3.63) is 69.8 Å². The van der Waals surface area contributed by atoms with Crippen LogP contribution in [0, 0.1) is 5.82 Å². The summed E-state index contributed by atoms with van der Waals surface area (Å²) in [5.41, 5.74) is 2.03. The van der Waals surface area contributed by atoms with Crippen LogP contribution < -0.4 is 10.6 Å². The third-order valence-electron chi connectivity index (χ3n) is 4.36. The van der Waals surface area contributed by atoms with E-state index in [1.807, 2.05) is 6.92 Å². The van der Waals surface area contributed by atoms with Crippen LogP contribution >= 0.6 is 27.5 Å². The van der Waals surface area contributed by atoms with Gasteiger partial charge in [-0.3, -0.25) is 14.8 Å². The Morgan fingerprint density at radius 1 is 1.27 bits per heavy atom. The van der Waals surface area contributed by atoms with Crippen molar-refractivity contribution >= 4 is 44.8 Å². The van der Waals surface area contributed by atoms with E-state index in [-0.39, 0.29) is 18.0 Å². The van der Waals surface area contributed by atoms with E-state index in [1.165, 1.54) is 30.6 Å². The second-order valence-electron chi connectivity index (χ2n) is 6.49. The molecule has 2 aromatic heterocycles. The third-order valence-corrected chi connectivity index (χ3v) is 5.23. The lowest BCUT2D eigenvalue weighted by molar-refractivity contribution is 0.0914. The largest absolute Gasteiger partial charge is 0.391 e. The molecule has 3 N–H and O–H groups in total. The van der Waals surface area contributed by atoms with Crippen molar-refractivity contribution in [3.8, 4) is 11.3 Å². The number of halogens is 3. The Morgan fingerprint density at radius 2 is 2.07 bits per heavy atom. The van der Waals surface area contributed by atoms with Crippen LogP contribution in [0.25, 0.3) is 11.3 Å². The fourth-order valence-electron chi connectivity index (χ4n) is 2.66. The van der Waals surface area contributed by atoms with E-state index in [0.717, 1.165) is 0 Å². The molecular formula is C21H19BrClFN4O2. The third kappa shape index (κ3) is 5.33. The summed E-state index contributed by atoms with van der Waals surface area (Å²) in [6, 6.07) is 7.56. The Morgan fingerprint density at radius 3 is 2.83 bits per heavy atom. The molecule has 6 nitrogen and oxygen atoms in total. The molecule has 0 aliphatic rings. The van der Waals surface area contributed by atoms with Gasteiger partial charge in [0.1, 0.15) is 5.82 Å². The highest BCUT2D eigenvalue weighted by Crippen LogP contribution is 2.32. The summed E-state index contributed by atoms with van der Waals surface area (Å²) >= 11 is 9.42. The highest BCUT2D eigenvalue weighted by atomic mass is 79.9. The first-order valence-electron chi connectivity index (χ1n) is 9.17. The van der Waals surface area contributed by atoms with Crippen LogP contribution in [0.1, 0.15) is 23.7 Å². The van der Waals surface area contributed by atoms with Crippen LogP contribution in [-0.2, 0) is 0 Å². The molecule has 0 saturated heterocycles. The molecule has 30 heavy (non-hydrogen) atoms. The number of rotatable bonds is 7. The van der Waals surface area contributed by atoms with E-state index >= 15 is 0 Å². The molecule has 0 saturated carbocycles. The molecule has 1 amide bonds. The van der Waals surface area contributed by atoms with Crippen LogP contribution in [0.2, 0.25) is 5.02 Å². The average molecular weight is 494 g/mol. The van der Waals surface area contributed by atoms with Gasteiger partial charge in [0, 0.05) is 35.7 Å². The lowest BCUT2D eigenvalue weighted by atomic mass is 10.1. The zero-order valence-corrected chi connectivity index (χ0v) is 18.3. The lowest BCUT2D eigenvalue weighted by Gasteiger charge is -2.15. The predicted molar refractivity (Wildman–Crippen MR) is 118 cm³/mol. The maximum atomic E-state index is 14.3. The number of benzene rings is 1. The first kappa shape index (κ1) is 22.1. The number of nitrogens with zero attached hydrogens (tertiary/aromatic N) is 2. The maximum Gasteiger partial charge on any atom is 0.255 e. The molecule has 1 aromatic carbocycles. The van der Waals surface area contributed by atoms with Crippen molar-refractivity contribution in [3.63, 3.8) is 0 Å². The second kappa shape index (κ2) is 9.97. The van der Waals surface area contributed by atoms with Crippen molar-refractivity contribution in [1.82, 2.24) is 15.3 Å². The van der Waals surface area contributed by atoms with Gasteiger partial charge in [-0.1, -0.05) is 18.5 Å². The molecule has 0 spiro atoms. The number of aliphatic hydroxyl groups excluding tert-OH is 1. The first-order chi connectivity index (χ1) is 14.4. The average Bonchev–Trinajstić information content (AvgIpc) is 2.75. The minimum absolute atomic E-state index is 0.140. The molecule has 3 rings (SSSR count). The van der Waals surface area contributed by atoms with Gasteiger partial charge >= 0.3 is 0 Å². The summed E-state index contributed by atoms with van der Waals surface area (Å²) in [6.45, 7) is 1.97. The summed E-state index contributed by atoms with van der Waals surface area (Å²) in [4.78, 5) is 20.8. The molecule has 0 radical (unpaired) electrons. The summed E-state index contributed by atoms with van der Waals surface area (Å²) in [5.74, 6) is -0.817. The number of carbonyl (C=O) groups excluding carboxylic acids is 1. The van der Waals surface area contributed by atoms with E-state index in [4.69, 9.17) is 11.6 Å². The van der Waals surface area contributed by atoms with Gasteiger partial charge in [-0.05, 0) is 52.7 Å². The molecule has 1 atom stereocenters. The van der Waals surface area contributed by atoms with Crippen LogP contribution in [0.5, 0.6) is 0 Å². The molecule has 3 aromatic rings. The van der Waals surface area contributed by atoms with Crippen LogP contribution in [0.4, 0.5) is 15.8 Å². The Hall–Kier alpha value is -2.55. The van der Waals surface area contributed by atoms with E-state index < -0.39 is 11.9 Å². The molecule has 156 valence electrons. The van der Waals surface area contributed by atoms with Gasteiger partial charge in [-0.2, -0.15) is 0 Å². The fourth-order valence-corrected chi connectivity index (χ4v) is 3.14. The molecule has 0 fully saturated rings. The topological polar surface area (TPSA) is 87.1 Å². The number of pyridine rings is 2. The number of hydrogen-bond donors (Lipinski definition) is 3. The zero-order chi connectivity index (χ0) is 21.7. The van der Waals surface area contributed by atoms with Crippen molar-refractivity contribution < 1.29 is 14.3 Å². The highest BCUT2D eigenvalue weighted by Gasteiger charge is 2.15. The van der Waals surface area contributed by atoms with Crippen LogP contribution in [0.3, 0.4) is 0 Å². The van der Waals surface area contributed by atoms with Crippen molar-refractivity contribution in [1.29, 1.82) is 0 Å². The second-order valence-corrected chi connectivity index (χ2v) is 7.78. The Labute approximate surface area is 186 Å². The molecule has 0 bridgehead atoms. The maximum absolute atomic E-state index is 14.3.